The topological polar surface area (TPSA) is 107 Å². The van der Waals surface area contributed by atoms with Gasteiger partial charge in [0.25, 0.3) is 0 Å². The zero-order valence-corrected chi connectivity index (χ0v) is 13.9. The van der Waals surface area contributed by atoms with Gasteiger partial charge in [-0.3, -0.25) is 0 Å². The van der Waals surface area contributed by atoms with Gasteiger partial charge in [-0.2, -0.15) is 4.98 Å². The summed E-state index contributed by atoms with van der Waals surface area (Å²) in [6.45, 7) is 2.63. The zero-order valence-electron chi connectivity index (χ0n) is 13.9. The molecule has 1 aromatic carbocycles. The summed E-state index contributed by atoms with van der Waals surface area (Å²) in [6.07, 6.45) is 3.22. The summed E-state index contributed by atoms with van der Waals surface area (Å²) < 4.78 is 15.0. The molecule has 0 unspecified atom stereocenters. The number of hydrogen-bond donors (Lipinski definition) is 2. The number of nitrogen functional groups attached to an aromatic ring is 1. The third-order valence-corrected chi connectivity index (χ3v) is 3.81. The lowest BCUT2D eigenvalue weighted by Gasteiger charge is -2.07. The number of anilines is 3. The molecule has 26 heavy (non-hydrogen) atoms. The first-order chi connectivity index (χ1) is 12.6. The minimum atomic E-state index is -0.301. The molecule has 3 heterocycles. The molecule has 0 spiro atoms. The standard InChI is InChI=1S/C17H15FN8/c1-2-26-14(12-7-8-20-16(19)24-12)23-13-9-21-17(25-15(13)26)22-11-5-3-10(18)4-6-11/h3-9H,2H2,1H3,(H2,19,20,24)(H,21,22,25). The van der Waals surface area contributed by atoms with E-state index in [1.807, 2.05) is 11.5 Å². The molecule has 130 valence electrons. The van der Waals surface area contributed by atoms with Crippen molar-refractivity contribution < 1.29 is 4.39 Å². The third-order valence-electron chi connectivity index (χ3n) is 3.81. The summed E-state index contributed by atoms with van der Waals surface area (Å²) in [6, 6.07) is 7.72. The van der Waals surface area contributed by atoms with Crippen LogP contribution in [0.4, 0.5) is 22.0 Å². The van der Waals surface area contributed by atoms with E-state index in [0.29, 0.717) is 40.9 Å². The predicted molar refractivity (Wildman–Crippen MR) is 96.1 cm³/mol. The fraction of sp³-hybridized carbons (Fsp3) is 0.118. The van der Waals surface area contributed by atoms with Gasteiger partial charge in [-0.15, -0.1) is 0 Å². The number of nitrogens with zero attached hydrogens (tertiary/aromatic N) is 6. The second-order valence-electron chi connectivity index (χ2n) is 5.51. The van der Waals surface area contributed by atoms with Crippen molar-refractivity contribution >= 4 is 28.7 Å². The van der Waals surface area contributed by atoms with Crippen LogP contribution in [0.25, 0.3) is 22.7 Å². The van der Waals surface area contributed by atoms with E-state index in [0.717, 1.165) is 0 Å². The van der Waals surface area contributed by atoms with E-state index in [1.165, 1.54) is 12.1 Å². The molecule has 0 atom stereocenters. The molecule has 0 aliphatic heterocycles. The SMILES string of the molecule is CCn1c(-c2ccnc(N)n2)nc2cnc(Nc3ccc(F)cc3)nc21. The van der Waals surface area contributed by atoms with Crippen LogP contribution in [0.5, 0.6) is 0 Å². The summed E-state index contributed by atoms with van der Waals surface area (Å²) in [4.78, 5) is 21.5. The highest BCUT2D eigenvalue weighted by Crippen LogP contribution is 2.23. The first-order valence-corrected chi connectivity index (χ1v) is 7.99. The summed E-state index contributed by atoms with van der Waals surface area (Å²) in [5.41, 5.74) is 8.29. The van der Waals surface area contributed by atoms with Gasteiger partial charge in [-0.1, -0.05) is 0 Å². The van der Waals surface area contributed by atoms with Crippen molar-refractivity contribution in [1.29, 1.82) is 0 Å². The van der Waals surface area contributed by atoms with Crippen LogP contribution in [0.3, 0.4) is 0 Å². The lowest BCUT2D eigenvalue weighted by atomic mass is 10.3. The number of imidazole rings is 1. The van der Waals surface area contributed by atoms with Gasteiger partial charge in [0.1, 0.15) is 17.0 Å². The number of hydrogen-bond acceptors (Lipinski definition) is 7. The second-order valence-corrected chi connectivity index (χ2v) is 5.51. The zero-order chi connectivity index (χ0) is 18.1. The molecule has 0 bridgehead atoms. The van der Waals surface area contributed by atoms with Gasteiger partial charge >= 0.3 is 0 Å². The van der Waals surface area contributed by atoms with Gasteiger partial charge in [0, 0.05) is 18.4 Å². The maximum absolute atomic E-state index is 13.0. The van der Waals surface area contributed by atoms with Gasteiger partial charge in [0.15, 0.2) is 11.5 Å². The monoisotopic (exact) mass is 350 g/mol. The quantitative estimate of drug-likeness (QED) is 0.582. The summed E-state index contributed by atoms with van der Waals surface area (Å²) >= 11 is 0. The second kappa shape index (κ2) is 6.36. The number of benzene rings is 1. The van der Waals surface area contributed by atoms with E-state index < -0.39 is 0 Å². The lowest BCUT2D eigenvalue weighted by Crippen LogP contribution is -2.03. The first kappa shape index (κ1) is 15.9. The number of nitrogens with two attached hydrogens (primary N) is 1. The normalized spacial score (nSPS) is 11.0. The van der Waals surface area contributed by atoms with Crippen molar-refractivity contribution in [1.82, 2.24) is 29.5 Å². The van der Waals surface area contributed by atoms with Crippen LogP contribution in [0.2, 0.25) is 0 Å². The lowest BCUT2D eigenvalue weighted by molar-refractivity contribution is 0.628. The van der Waals surface area contributed by atoms with Crippen LogP contribution >= 0.6 is 0 Å². The molecule has 4 rings (SSSR count). The Kier molecular flexibility index (Phi) is 3.88. The molecular weight excluding hydrogens is 335 g/mol. The number of halogens is 1. The van der Waals surface area contributed by atoms with E-state index in [4.69, 9.17) is 5.73 Å². The van der Waals surface area contributed by atoms with Crippen molar-refractivity contribution in [3.05, 3.63) is 48.5 Å². The number of rotatable bonds is 4. The number of fused-ring (bicyclic) bond motifs is 1. The van der Waals surface area contributed by atoms with E-state index in [1.54, 1.807) is 30.6 Å². The van der Waals surface area contributed by atoms with Gasteiger partial charge in [0.05, 0.1) is 6.20 Å². The average molecular weight is 350 g/mol. The summed E-state index contributed by atoms with van der Waals surface area (Å²) in [7, 11) is 0. The molecule has 0 aliphatic carbocycles. The van der Waals surface area contributed by atoms with Crippen molar-refractivity contribution in [2.24, 2.45) is 0 Å². The largest absolute Gasteiger partial charge is 0.368 e. The molecule has 0 aliphatic rings. The highest BCUT2D eigenvalue weighted by molar-refractivity contribution is 5.77. The predicted octanol–water partition coefficient (Wildman–Crippen LogP) is 2.77. The van der Waals surface area contributed by atoms with Gasteiger partial charge in [-0.25, -0.2) is 24.3 Å². The number of nitrogens with one attached hydrogen (secondary N) is 1. The van der Waals surface area contributed by atoms with Crippen LogP contribution in [0.15, 0.2) is 42.7 Å². The fourth-order valence-corrected chi connectivity index (χ4v) is 2.63. The molecule has 0 fully saturated rings. The Morgan fingerprint density at radius 3 is 2.62 bits per heavy atom. The molecule has 3 N–H and O–H groups in total. The van der Waals surface area contributed by atoms with E-state index in [9.17, 15) is 4.39 Å². The first-order valence-electron chi connectivity index (χ1n) is 7.99. The fourth-order valence-electron chi connectivity index (χ4n) is 2.63. The summed E-state index contributed by atoms with van der Waals surface area (Å²) in [5.74, 6) is 0.920. The Morgan fingerprint density at radius 1 is 1.08 bits per heavy atom. The Hall–Kier alpha value is -3.62. The highest BCUT2D eigenvalue weighted by Gasteiger charge is 2.15. The van der Waals surface area contributed by atoms with E-state index in [2.05, 4.69) is 30.2 Å². The van der Waals surface area contributed by atoms with Gasteiger partial charge < -0.3 is 15.6 Å². The molecule has 8 nitrogen and oxygen atoms in total. The highest BCUT2D eigenvalue weighted by atomic mass is 19.1. The Labute approximate surface area is 148 Å². The molecular formula is C17H15FN8. The van der Waals surface area contributed by atoms with Crippen LogP contribution in [-0.4, -0.2) is 29.5 Å². The van der Waals surface area contributed by atoms with Crippen LogP contribution < -0.4 is 11.1 Å². The average Bonchev–Trinajstić information content (AvgIpc) is 3.01. The van der Waals surface area contributed by atoms with Crippen molar-refractivity contribution in [3.63, 3.8) is 0 Å². The molecule has 0 saturated carbocycles. The van der Waals surface area contributed by atoms with Crippen LogP contribution in [0, 0.1) is 5.82 Å². The van der Waals surface area contributed by atoms with Gasteiger partial charge in [-0.05, 0) is 37.3 Å². The molecule has 9 heteroatoms. The maximum atomic E-state index is 13.0. The molecule has 0 radical (unpaired) electrons. The molecule has 3 aromatic heterocycles. The van der Waals surface area contributed by atoms with Gasteiger partial charge in [0.2, 0.25) is 11.9 Å². The van der Waals surface area contributed by atoms with Crippen molar-refractivity contribution in [2.45, 2.75) is 13.5 Å². The smallest absolute Gasteiger partial charge is 0.229 e. The van der Waals surface area contributed by atoms with Crippen LogP contribution in [-0.2, 0) is 6.54 Å². The maximum Gasteiger partial charge on any atom is 0.229 e. The molecule has 4 aromatic rings. The Morgan fingerprint density at radius 2 is 1.88 bits per heavy atom. The van der Waals surface area contributed by atoms with Crippen molar-refractivity contribution in [3.8, 4) is 11.5 Å². The minimum absolute atomic E-state index is 0.182. The third kappa shape index (κ3) is 2.90. The minimum Gasteiger partial charge on any atom is -0.368 e. The summed E-state index contributed by atoms with van der Waals surface area (Å²) in [5, 5.41) is 3.06. The molecule has 0 amide bonds. The van der Waals surface area contributed by atoms with Crippen molar-refractivity contribution in [2.75, 3.05) is 11.1 Å². The van der Waals surface area contributed by atoms with Crippen LogP contribution in [0.1, 0.15) is 6.92 Å². The van der Waals surface area contributed by atoms with E-state index in [-0.39, 0.29) is 11.8 Å². The molecule has 0 saturated heterocycles. The Bertz CT molecular complexity index is 1070. The van der Waals surface area contributed by atoms with E-state index >= 15 is 0 Å². The number of aryl methyl sites for hydroxylation is 1. The Balaban J connectivity index is 1.77. The number of aromatic nitrogens is 6.